The molecule has 2 amide bonds. The second-order valence-electron chi connectivity index (χ2n) is 4.32. The molecule has 1 aliphatic heterocycles. The number of carbonyl (C=O) groups excluding carboxylic acids is 1. The summed E-state index contributed by atoms with van der Waals surface area (Å²) in [5, 5.41) is 12.3. The molecule has 0 unspecified atom stereocenters. The topological polar surface area (TPSA) is 78.9 Å². The van der Waals surface area contributed by atoms with Crippen molar-refractivity contribution in [1.82, 2.24) is 4.90 Å². The van der Waals surface area contributed by atoms with Gasteiger partial charge in [-0.1, -0.05) is 0 Å². The number of nitrogens with zero attached hydrogens (tertiary/aromatic N) is 1. The maximum atomic E-state index is 12.0. The number of carbonyl (C=O) groups is 2. The summed E-state index contributed by atoms with van der Waals surface area (Å²) in [6, 6.07) is -0.271. The Balaban J connectivity index is 2.16. The van der Waals surface area contributed by atoms with Gasteiger partial charge in [-0.15, -0.1) is 11.3 Å². The lowest BCUT2D eigenvalue weighted by atomic mass is 10.1. The summed E-state index contributed by atoms with van der Waals surface area (Å²) >= 11 is 1.29. The van der Waals surface area contributed by atoms with Gasteiger partial charge in [-0.25, -0.2) is 9.59 Å². The van der Waals surface area contributed by atoms with Crippen molar-refractivity contribution in [2.24, 2.45) is 0 Å². The summed E-state index contributed by atoms with van der Waals surface area (Å²) in [4.78, 5) is 25.8. The number of anilines is 1. The first kappa shape index (κ1) is 13.8. The van der Waals surface area contributed by atoms with Gasteiger partial charge in [0.2, 0.25) is 0 Å². The third-order valence-electron chi connectivity index (χ3n) is 3.12. The molecule has 7 heteroatoms. The fraction of sp³-hybridized carbons (Fsp3) is 0.500. The normalized spacial score (nSPS) is 15.4. The van der Waals surface area contributed by atoms with E-state index in [1.165, 1.54) is 11.3 Å². The molecule has 19 heavy (non-hydrogen) atoms. The van der Waals surface area contributed by atoms with Crippen LogP contribution in [0.1, 0.15) is 20.8 Å². The Morgan fingerprint density at radius 2 is 1.95 bits per heavy atom. The molecule has 0 bridgehead atoms. The molecule has 1 saturated heterocycles. The van der Waals surface area contributed by atoms with E-state index in [2.05, 4.69) is 5.32 Å². The number of aryl methyl sites for hydroxylation is 1. The largest absolute Gasteiger partial charge is 0.478 e. The Bertz CT molecular complexity index is 506. The van der Waals surface area contributed by atoms with Crippen LogP contribution in [-0.4, -0.2) is 48.3 Å². The number of rotatable bonds is 2. The van der Waals surface area contributed by atoms with E-state index in [0.29, 0.717) is 36.9 Å². The molecule has 2 rings (SSSR count). The first-order valence-corrected chi connectivity index (χ1v) is 6.79. The minimum Gasteiger partial charge on any atom is -0.478 e. The Morgan fingerprint density at radius 3 is 2.53 bits per heavy atom. The summed E-state index contributed by atoms with van der Waals surface area (Å²) < 4.78 is 5.17. The molecule has 0 atom stereocenters. The highest BCUT2D eigenvalue weighted by Crippen LogP contribution is 2.32. The molecule has 6 nitrogen and oxygen atoms in total. The van der Waals surface area contributed by atoms with Crippen LogP contribution in [0.3, 0.4) is 0 Å². The quantitative estimate of drug-likeness (QED) is 0.869. The summed E-state index contributed by atoms with van der Waals surface area (Å²) in [6.45, 7) is 5.68. The zero-order valence-corrected chi connectivity index (χ0v) is 11.7. The van der Waals surface area contributed by atoms with Crippen LogP contribution in [0.2, 0.25) is 0 Å². The third kappa shape index (κ3) is 2.87. The van der Waals surface area contributed by atoms with Crippen LogP contribution in [0.4, 0.5) is 9.80 Å². The minimum absolute atomic E-state index is 0.184. The number of amides is 2. The number of aromatic carboxylic acids is 1. The smallest absolute Gasteiger partial charge is 0.338 e. The van der Waals surface area contributed by atoms with Gasteiger partial charge < -0.3 is 14.7 Å². The summed E-state index contributed by atoms with van der Waals surface area (Å²) in [6.07, 6.45) is 0. The van der Waals surface area contributed by atoms with E-state index in [1.807, 2.05) is 6.92 Å². The van der Waals surface area contributed by atoms with Crippen LogP contribution >= 0.6 is 11.3 Å². The molecule has 104 valence electrons. The highest BCUT2D eigenvalue weighted by Gasteiger charge is 2.23. The van der Waals surface area contributed by atoms with E-state index >= 15 is 0 Å². The van der Waals surface area contributed by atoms with E-state index in [-0.39, 0.29) is 11.6 Å². The molecule has 0 saturated carbocycles. The molecule has 1 aliphatic rings. The maximum absolute atomic E-state index is 12.0. The number of hydrogen-bond acceptors (Lipinski definition) is 4. The van der Waals surface area contributed by atoms with Gasteiger partial charge in [0.05, 0.1) is 18.8 Å². The number of thiophene rings is 1. The van der Waals surface area contributed by atoms with Crippen LogP contribution < -0.4 is 5.32 Å². The number of nitrogens with one attached hydrogen (secondary N) is 1. The SMILES string of the molecule is Cc1sc(NC(=O)N2CCOCC2)c(C(=O)O)c1C. The number of carboxylic acid groups (broad SMARTS) is 1. The molecule has 1 fully saturated rings. The van der Waals surface area contributed by atoms with E-state index in [9.17, 15) is 14.7 Å². The lowest BCUT2D eigenvalue weighted by Gasteiger charge is -2.26. The Hall–Kier alpha value is -1.60. The maximum Gasteiger partial charge on any atom is 0.338 e. The Kier molecular flexibility index (Phi) is 4.06. The zero-order valence-electron chi connectivity index (χ0n) is 10.9. The van der Waals surface area contributed by atoms with Crippen molar-refractivity contribution in [2.75, 3.05) is 31.6 Å². The van der Waals surface area contributed by atoms with Crippen molar-refractivity contribution in [3.8, 4) is 0 Å². The summed E-state index contributed by atoms with van der Waals surface area (Å²) in [7, 11) is 0. The highest BCUT2D eigenvalue weighted by atomic mass is 32.1. The van der Waals surface area contributed by atoms with Crippen LogP contribution in [0.25, 0.3) is 0 Å². The van der Waals surface area contributed by atoms with Crippen LogP contribution in [0.15, 0.2) is 0 Å². The van der Waals surface area contributed by atoms with Gasteiger partial charge in [0, 0.05) is 18.0 Å². The molecular weight excluding hydrogens is 268 g/mol. The van der Waals surface area contributed by atoms with Crippen LogP contribution in [0.5, 0.6) is 0 Å². The summed E-state index contributed by atoms with van der Waals surface area (Å²) in [5.74, 6) is -1.01. The van der Waals surface area contributed by atoms with E-state index in [0.717, 1.165) is 4.88 Å². The molecule has 1 aromatic rings. The average Bonchev–Trinajstić information content (AvgIpc) is 2.65. The average molecular weight is 284 g/mol. The Morgan fingerprint density at radius 1 is 1.32 bits per heavy atom. The van der Waals surface area contributed by atoms with Crippen LogP contribution in [-0.2, 0) is 4.74 Å². The molecule has 0 aliphatic carbocycles. The lowest BCUT2D eigenvalue weighted by molar-refractivity contribution is 0.0564. The highest BCUT2D eigenvalue weighted by molar-refractivity contribution is 7.16. The molecule has 1 aromatic heterocycles. The van der Waals surface area contributed by atoms with E-state index < -0.39 is 5.97 Å². The van der Waals surface area contributed by atoms with Crippen molar-refractivity contribution >= 4 is 28.3 Å². The van der Waals surface area contributed by atoms with Crippen molar-refractivity contribution in [3.05, 3.63) is 16.0 Å². The van der Waals surface area contributed by atoms with Gasteiger partial charge >= 0.3 is 12.0 Å². The predicted octanol–water partition coefficient (Wildman–Crippen LogP) is 1.93. The van der Waals surface area contributed by atoms with Crippen molar-refractivity contribution in [1.29, 1.82) is 0 Å². The number of hydrogen-bond donors (Lipinski definition) is 2. The molecular formula is C12H16N2O4S. The van der Waals surface area contributed by atoms with Crippen molar-refractivity contribution < 1.29 is 19.4 Å². The number of carboxylic acids is 1. The van der Waals surface area contributed by atoms with Gasteiger partial charge in [-0.2, -0.15) is 0 Å². The third-order valence-corrected chi connectivity index (χ3v) is 4.24. The fourth-order valence-corrected chi connectivity index (χ4v) is 2.96. The number of ether oxygens (including phenoxy) is 1. The van der Waals surface area contributed by atoms with Crippen molar-refractivity contribution in [2.45, 2.75) is 13.8 Å². The van der Waals surface area contributed by atoms with Gasteiger partial charge in [-0.05, 0) is 19.4 Å². The molecule has 0 spiro atoms. The second-order valence-corrected chi connectivity index (χ2v) is 5.55. The molecule has 2 heterocycles. The summed E-state index contributed by atoms with van der Waals surface area (Å²) in [5.41, 5.74) is 0.888. The standard InChI is InChI=1S/C12H16N2O4S/c1-7-8(2)19-10(9(7)11(15)16)13-12(17)14-3-5-18-6-4-14/h3-6H2,1-2H3,(H,13,17)(H,15,16). The van der Waals surface area contributed by atoms with Gasteiger partial charge in [0.15, 0.2) is 0 Å². The first-order valence-electron chi connectivity index (χ1n) is 5.97. The fourth-order valence-electron chi connectivity index (χ4n) is 1.92. The predicted molar refractivity (Wildman–Crippen MR) is 72.2 cm³/mol. The minimum atomic E-state index is -1.01. The monoisotopic (exact) mass is 284 g/mol. The van der Waals surface area contributed by atoms with E-state index in [1.54, 1.807) is 11.8 Å². The van der Waals surface area contributed by atoms with Crippen molar-refractivity contribution in [3.63, 3.8) is 0 Å². The first-order chi connectivity index (χ1) is 9.00. The van der Waals surface area contributed by atoms with Crippen LogP contribution in [0, 0.1) is 13.8 Å². The molecule has 0 radical (unpaired) electrons. The number of morpholine rings is 1. The number of urea groups is 1. The second kappa shape index (κ2) is 5.58. The molecule has 2 N–H and O–H groups in total. The van der Waals surface area contributed by atoms with Gasteiger partial charge in [-0.3, -0.25) is 5.32 Å². The zero-order chi connectivity index (χ0) is 14.0. The Labute approximate surface area is 115 Å². The lowest BCUT2D eigenvalue weighted by Crippen LogP contribution is -2.43. The molecule has 0 aromatic carbocycles. The van der Waals surface area contributed by atoms with E-state index in [4.69, 9.17) is 4.74 Å². The van der Waals surface area contributed by atoms with Gasteiger partial charge in [0.25, 0.3) is 0 Å². The van der Waals surface area contributed by atoms with Gasteiger partial charge in [0.1, 0.15) is 5.00 Å².